The van der Waals surface area contributed by atoms with Gasteiger partial charge in [-0.3, -0.25) is 4.79 Å². The fourth-order valence-corrected chi connectivity index (χ4v) is 2.35. The van der Waals surface area contributed by atoms with Crippen LogP contribution >= 0.6 is 0 Å². The van der Waals surface area contributed by atoms with Crippen molar-refractivity contribution in [2.75, 3.05) is 0 Å². The van der Waals surface area contributed by atoms with E-state index in [-0.39, 0.29) is 11.2 Å². The molecule has 0 saturated heterocycles. The number of benzene rings is 2. The van der Waals surface area contributed by atoms with E-state index in [0.29, 0.717) is 6.42 Å². The van der Waals surface area contributed by atoms with Crippen molar-refractivity contribution in [1.82, 2.24) is 0 Å². The molecule has 0 amide bonds. The van der Waals surface area contributed by atoms with Crippen LogP contribution in [-0.4, -0.2) is 5.78 Å². The number of carbonyl (C=O) groups is 1. The zero-order chi connectivity index (χ0) is 13.7. The number of ketones is 1. The Labute approximate surface area is 115 Å². The summed E-state index contributed by atoms with van der Waals surface area (Å²) < 4.78 is 0. The Balaban J connectivity index is 2.22. The second kappa shape index (κ2) is 5.83. The Hall–Kier alpha value is -1.89. The van der Waals surface area contributed by atoms with Gasteiger partial charge >= 0.3 is 0 Å². The largest absolute Gasteiger partial charge is 0.294 e. The molecule has 0 spiro atoms. The van der Waals surface area contributed by atoms with Gasteiger partial charge in [-0.05, 0) is 17.4 Å². The number of Topliss-reactive ketones (excluding diaryl/α,β-unsaturated/α-hetero) is 1. The molecule has 0 aliphatic carbocycles. The molecule has 0 bridgehead atoms. The highest BCUT2D eigenvalue weighted by Gasteiger charge is 2.27. The van der Waals surface area contributed by atoms with E-state index in [9.17, 15) is 4.79 Å². The van der Waals surface area contributed by atoms with E-state index in [1.807, 2.05) is 48.5 Å². The molecule has 0 radical (unpaired) electrons. The molecule has 2 aromatic rings. The fourth-order valence-electron chi connectivity index (χ4n) is 2.35. The Bertz CT molecular complexity index is 530. The van der Waals surface area contributed by atoms with E-state index < -0.39 is 0 Å². The summed E-state index contributed by atoms with van der Waals surface area (Å²) in [4.78, 5) is 12.4. The van der Waals surface area contributed by atoms with Crippen molar-refractivity contribution >= 4 is 5.78 Å². The molecule has 98 valence electrons. The van der Waals surface area contributed by atoms with Crippen LogP contribution in [0.25, 0.3) is 0 Å². The van der Waals surface area contributed by atoms with Crippen molar-refractivity contribution in [3.05, 3.63) is 71.8 Å². The number of carbonyl (C=O) groups excluding carboxylic acids is 1. The molecule has 0 saturated carbocycles. The topological polar surface area (TPSA) is 17.1 Å². The lowest BCUT2D eigenvalue weighted by molar-refractivity contribution is 0.0952. The Morgan fingerprint density at radius 2 is 1.47 bits per heavy atom. The van der Waals surface area contributed by atoms with Gasteiger partial charge in [0.05, 0.1) is 0 Å². The van der Waals surface area contributed by atoms with E-state index >= 15 is 0 Å². The molecule has 0 N–H and O–H groups in total. The maximum atomic E-state index is 12.4. The second-order valence-electron chi connectivity index (χ2n) is 5.25. The van der Waals surface area contributed by atoms with Crippen molar-refractivity contribution in [3.63, 3.8) is 0 Å². The average Bonchev–Trinajstić information content (AvgIpc) is 2.49. The number of rotatable bonds is 5. The van der Waals surface area contributed by atoms with Gasteiger partial charge in [0, 0.05) is 12.0 Å². The van der Waals surface area contributed by atoms with Crippen molar-refractivity contribution in [2.24, 2.45) is 0 Å². The second-order valence-corrected chi connectivity index (χ2v) is 5.25. The SMILES string of the molecule is CC[C@](C)(CC(=O)c1ccccc1)c1ccccc1. The summed E-state index contributed by atoms with van der Waals surface area (Å²) in [6.45, 7) is 4.31. The first-order valence-electron chi connectivity index (χ1n) is 6.79. The van der Waals surface area contributed by atoms with Gasteiger partial charge in [0.1, 0.15) is 0 Å². The van der Waals surface area contributed by atoms with Crippen LogP contribution in [0.3, 0.4) is 0 Å². The normalized spacial score (nSPS) is 13.8. The van der Waals surface area contributed by atoms with Crippen molar-refractivity contribution in [1.29, 1.82) is 0 Å². The average molecular weight is 252 g/mol. The summed E-state index contributed by atoms with van der Waals surface area (Å²) in [5.41, 5.74) is 1.95. The standard InChI is InChI=1S/C18H20O/c1-3-18(2,16-12-8-5-9-13-16)14-17(19)15-10-6-4-7-11-15/h4-13H,3,14H2,1-2H3/t18-/m1/s1. The molecule has 1 nitrogen and oxygen atoms in total. The lowest BCUT2D eigenvalue weighted by Gasteiger charge is -2.28. The Morgan fingerprint density at radius 1 is 0.947 bits per heavy atom. The third-order valence-corrected chi connectivity index (χ3v) is 3.90. The number of hydrogen-bond acceptors (Lipinski definition) is 1. The van der Waals surface area contributed by atoms with Crippen LogP contribution in [0, 0.1) is 0 Å². The molecule has 1 heteroatoms. The highest BCUT2D eigenvalue weighted by atomic mass is 16.1. The van der Waals surface area contributed by atoms with E-state index in [2.05, 4.69) is 26.0 Å². The van der Waals surface area contributed by atoms with Crippen LogP contribution < -0.4 is 0 Å². The smallest absolute Gasteiger partial charge is 0.163 e. The number of hydrogen-bond donors (Lipinski definition) is 0. The molecule has 2 rings (SSSR count). The first kappa shape index (κ1) is 13.5. The first-order valence-corrected chi connectivity index (χ1v) is 6.79. The monoisotopic (exact) mass is 252 g/mol. The van der Waals surface area contributed by atoms with Crippen molar-refractivity contribution in [3.8, 4) is 0 Å². The lowest BCUT2D eigenvalue weighted by atomic mass is 9.75. The van der Waals surface area contributed by atoms with Crippen molar-refractivity contribution in [2.45, 2.75) is 32.1 Å². The van der Waals surface area contributed by atoms with E-state index in [1.54, 1.807) is 0 Å². The predicted molar refractivity (Wildman–Crippen MR) is 79.5 cm³/mol. The molecule has 1 atom stereocenters. The Kier molecular flexibility index (Phi) is 4.16. The third kappa shape index (κ3) is 3.11. The summed E-state index contributed by atoms with van der Waals surface area (Å²) in [6.07, 6.45) is 1.51. The third-order valence-electron chi connectivity index (χ3n) is 3.90. The van der Waals surface area contributed by atoms with Crippen LogP contribution in [-0.2, 0) is 5.41 Å². The van der Waals surface area contributed by atoms with E-state index in [0.717, 1.165) is 12.0 Å². The minimum absolute atomic E-state index is 0.0891. The van der Waals surface area contributed by atoms with Crippen LogP contribution in [0.15, 0.2) is 60.7 Å². The van der Waals surface area contributed by atoms with E-state index in [4.69, 9.17) is 0 Å². The minimum atomic E-state index is -0.0891. The summed E-state index contributed by atoms with van der Waals surface area (Å²) in [5, 5.41) is 0. The molecular weight excluding hydrogens is 232 g/mol. The van der Waals surface area contributed by atoms with E-state index in [1.165, 1.54) is 5.56 Å². The molecule has 0 aliphatic heterocycles. The van der Waals surface area contributed by atoms with Gasteiger partial charge < -0.3 is 0 Å². The van der Waals surface area contributed by atoms with Gasteiger partial charge in [-0.1, -0.05) is 74.5 Å². The summed E-state index contributed by atoms with van der Waals surface area (Å²) in [6, 6.07) is 19.9. The zero-order valence-electron chi connectivity index (χ0n) is 11.6. The molecule has 0 unspecified atom stereocenters. The lowest BCUT2D eigenvalue weighted by Crippen LogP contribution is -2.25. The molecule has 2 aromatic carbocycles. The van der Waals surface area contributed by atoms with Gasteiger partial charge in [-0.25, -0.2) is 0 Å². The maximum absolute atomic E-state index is 12.4. The molecule has 0 aliphatic rings. The van der Waals surface area contributed by atoms with Gasteiger partial charge in [-0.15, -0.1) is 0 Å². The summed E-state index contributed by atoms with van der Waals surface area (Å²) >= 11 is 0. The highest BCUT2D eigenvalue weighted by Crippen LogP contribution is 2.32. The highest BCUT2D eigenvalue weighted by molar-refractivity contribution is 5.96. The van der Waals surface area contributed by atoms with Crippen LogP contribution in [0.4, 0.5) is 0 Å². The Morgan fingerprint density at radius 3 is 2.00 bits per heavy atom. The summed E-state index contributed by atoms with van der Waals surface area (Å²) in [7, 11) is 0. The minimum Gasteiger partial charge on any atom is -0.294 e. The zero-order valence-corrected chi connectivity index (χ0v) is 11.6. The van der Waals surface area contributed by atoms with Gasteiger partial charge in [0.15, 0.2) is 5.78 Å². The maximum Gasteiger partial charge on any atom is 0.163 e. The molecule has 19 heavy (non-hydrogen) atoms. The molecule has 0 fully saturated rings. The molecule has 0 heterocycles. The fraction of sp³-hybridized carbons (Fsp3) is 0.278. The van der Waals surface area contributed by atoms with Crippen molar-refractivity contribution < 1.29 is 4.79 Å². The van der Waals surface area contributed by atoms with Gasteiger partial charge in [0.2, 0.25) is 0 Å². The van der Waals surface area contributed by atoms with Gasteiger partial charge in [-0.2, -0.15) is 0 Å². The first-order chi connectivity index (χ1) is 9.15. The predicted octanol–water partition coefficient (Wildman–Crippen LogP) is 4.63. The quantitative estimate of drug-likeness (QED) is 0.709. The van der Waals surface area contributed by atoms with Crippen LogP contribution in [0.5, 0.6) is 0 Å². The van der Waals surface area contributed by atoms with Gasteiger partial charge in [0.25, 0.3) is 0 Å². The van der Waals surface area contributed by atoms with Crippen LogP contribution in [0.2, 0.25) is 0 Å². The summed E-state index contributed by atoms with van der Waals surface area (Å²) in [5.74, 6) is 0.216. The molecule has 0 aromatic heterocycles. The molecular formula is C18H20O. The van der Waals surface area contributed by atoms with Crippen LogP contribution in [0.1, 0.15) is 42.6 Å².